The Bertz CT molecular complexity index is 1360. The molecule has 10 nitrogen and oxygen atoms in total. The number of aromatic nitrogens is 3. The van der Waals surface area contributed by atoms with Crippen LogP contribution in [0.1, 0.15) is 25.3 Å². The summed E-state index contributed by atoms with van der Waals surface area (Å²) < 4.78 is 54.2. The van der Waals surface area contributed by atoms with Crippen LogP contribution in [-0.2, 0) is 20.0 Å². The molecule has 3 aromatic rings. The van der Waals surface area contributed by atoms with Gasteiger partial charge in [0.05, 0.1) is 22.1 Å². The molecule has 0 spiro atoms. The van der Waals surface area contributed by atoms with Crippen LogP contribution in [-0.4, -0.2) is 66.9 Å². The van der Waals surface area contributed by atoms with Crippen LogP contribution in [0.25, 0.3) is 11.0 Å². The Morgan fingerprint density at radius 2 is 1.82 bits per heavy atom. The van der Waals surface area contributed by atoms with Crippen LogP contribution >= 0.6 is 0 Å². The third-order valence-electron chi connectivity index (χ3n) is 5.81. The predicted molar refractivity (Wildman–Crippen MR) is 125 cm³/mol. The Hall–Kier alpha value is -2.54. The molecule has 12 heteroatoms. The van der Waals surface area contributed by atoms with Crippen molar-refractivity contribution in [3.8, 4) is 0 Å². The van der Waals surface area contributed by atoms with E-state index in [1.54, 1.807) is 30.3 Å². The number of sulfonamides is 1. The second-order valence-corrected chi connectivity index (χ2v) is 12.2. The van der Waals surface area contributed by atoms with E-state index in [0.717, 1.165) is 9.54 Å². The fraction of sp³-hybridized carbons (Fsp3) is 0.429. The van der Waals surface area contributed by atoms with Gasteiger partial charge in [-0.3, -0.25) is 0 Å². The quantitative estimate of drug-likeness (QED) is 0.479. The molecule has 1 aliphatic carbocycles. The number of hydrogen-bond acceptors (Lipinski definition) is 8. The van der Waals surface area contributed by atoms with Gasteiger partial charge in [-0.05, 0) is 44.9 Å². The highest BCUT2D eigenvalue weighted by molar-refractivity contribution is 7.90. The largest absolute Gasteiger partial charge is 0.392 e. The zero-order valence-electron chi connectivity index (χ0n) is 18.6. The number of aliphatic hydroxyl groups is 1. The van der Waals surface area contributed by atoms with E-state index in [0.29, 0.717) is 24.0 Å². The lowest BCUT2D eigenvalue weighted by Crippen LogP contribution is -2.54. The van der Waals surface area contributed by atoms with Gasteiger partial charge >= 0.3 is 0 Å². The fourth-order valence-corrected chi connectivity index (χ4v) is 6.74. The minimum Gasteiger partial charge on any atom is -0.392 e. The average Bonchev–Trinajstić information content (AvgIpc) is 3.14. The standard InChI is InChI=1S/C21H27N5O5S2/c1-14-4-6-18(7-5-14)33(30,31)26-9-8-19-20(22-13-23-21(19)26)25(3)17-10-16(11-17)24-32(28,29)12-15(2)27/h4-9,13,15-17,24,27H,10-12H2,1-3H3. The van der Waals surface area contributed by atoms with Gasteiger partial charge in [0, 0.05) is 25.3 Å². The van der Waals surface area contributed by atoms with Gasteiger partial charge in [-0.25, -0.2) is 35.5 Å². The first kappa shape index (κ1) is 23.6. The van der Waals surface area contributed by atoms with Crippen molar-refractivity contribution in [2.24, 2.45) is 0 Å². The Balaban J connectivity index is 1.55. The molecule has 2 aromatic heterocycles. The molecule has 33 heavy (non-hydrogen) atoms. The summed E-state index contributed by atoms with van der Waals surface area (Å²) in [6.07, 6.45) is 3.01. The molecule has 0 radical (unpaired) electrons. The van der Waals surface area contributed by atoms with Crippen molar-refractivity contribution in [3.05, 3.63) is 48.4 Å². The molecule has 0 aliphatic heterocycles. The summed E-state index contributed by atoms with van der Waals surface area (Å²) in [5.74, 6) is 0.243. The molecule has 0 saturated heterocycles. The van der Waals surface area contributed by atoms with E-state index in [4.69, 9.17) is 0 Å². The first-order chi connectivity index (χ1) is 15.5. The van der Waals surface area contributed by atoms with Gasteiger partial charge in [-0.2, -0.15) is 0 Å². The van der Waals surface area contributed by atoms with Gasteiger partial charge in [0.25, 0.3) is 10.0 Å². The summed E-state index contributed by atoms with van der Waals surface area (Å²) in [6, 6.07) is 8.11. The van der Waals surface area contributed by atoms with E-state index in [-0.39, 0.29) is 28.4 Å². The van der Waals surface area contributed by atoms with E-state index in [9.17, 15) is 21.9 Å². The molecule has 0 bridgehead atoms. The maximum absolute atomic E-state index is 13.2. The van der Waals surface area contributed by atoms with Crippen LogP contribution in [0.4, 0.5) is 5.82 Å². The van der Waals surface area contributed by atoms with Gasteiger partial charge < -0.3 is 10.0 Å². The molecule has 0 amide bonds. The first-order valence-electron chi connectivity index (χ1n) is 10.5. The van der Waals surface area contributed by atoms with Crippen LogP contribution < -0.4 is 9.62 Å². The van der Waals surface area contributed by atoms with E-state index in [2.05, 4.69) is 14.7 Å². The molecule has 2 N–H and O–H groups in total. The first-order valence-corrected chi connectivity index (χ1v) is 13.6. The number of aliphatic hydroxyl groups excluding tert-OH is 1. The highest BCUT2D eigenvalue weighted by Crippen LogP contribution is 2.33. The maximum atomic E-state index is 13.2. The molecular weight excluding hydrogens is 466 g/mol. The van der Waals surface area contributed by atoms with Crippen molar-refractivity contribution in [2.45, 2.75) is 49.8 Å². The van der Waals surface area contributed by atoms with Crippen LogP contribution in [0.2, 0.25) is 0 Å². The molecule has 1 unspecified atom stereocenters. The zero-order chi connectivity index (χ0) is 24.0. The number of aryl methyl sites for hydroxylation is 1. The molecule has 1 aromatic carbocycles. The van der Waals surface area contributed by atoms with Gasteiger partial charge in [-0.15, -0.1) is 0 Å². The number of hydrogen-bond donors (Lipinski definition) is 2. The lowest BCUT2D eigenvalue weighted by Gasteiger charge is -2.42. The molecule has 178 valence electrons. The van der Waals surface area contributed by atoms with Crippen LogP contribution in [0.3, 0.4) is 0 Å². The predicted octanol–water partition coefficient (Wildman–Crippen LogP) is 1.24. The Morgan fingerprint density at radius 3 is 2.45 bits per heavy atom. The highest BCUT2D eigenvalue weighted by Gasteiger charge is 2.36. The van der Waals surface area contributed by atoms with Crippen LogP contribution in [0.5, 0.6) is 0 Å². The summed E-state index contributed by atoms with van der Waals surface area (Å²) in [5, 5.41) is 9.93. The number of nitrogens with one attached hydrogen (secondary N) is 1. The van der Waals surface area contributed by atoms with E-state index in [1.165, 1.54) is 19.4 Å². The minimum atomic E-state index is -3.82. The fourth-order valence-electron chi connectivity index (χ4n) is 4.01. The van der Waals surface area contributed by atoms with Crippen LogP contribution in [0, 0.1) is 6.92 Å². The molecule has 1 fully saturated rings. The van der Waals surface area contributed by atoms with Gasteiger partial charge in [0.15, 0.2) is 5.65 Å². The number of nitrogens with zero attached hydrogens (tertiary/aromatic N) is 4. The number of fused-ring (bicyclic) bond motifs is 1. The summed E-state index contributed by atoms with van der Waals surface area (Å²) in [4.78, 5) is 10.7. The molecule has 1 atom stereocenters. The molecule has 4 rings (SSSR count). The van der Waals surface area contributed by atoms with Crippen molar-refractivity contribution < 1.29 is 21.9 Å². The SMILES string of the molecule is Cc1ccc(S(=O)(=O)n2ccc3c(N(C)C4CC(NS(=O)(=O)CC(C)O)C4)ncnc32)cc1. The second-order valence-electron chi connectivity index (χ2n) is 8.55. The third kappa shape index (κ3) is 4.74. The summed E-state index contributed by atoms with van der Waals surface area (Å²) in [5.41, 5.74) is 1.24. The summed E-state index contributed by atoms with van der Waals surface area (Å²) >= 11 is 0. The smallest absolute Gasteiger partial charge is 0.269 e. The number of anilines is 1. The lowest BCUT2D eigenvalue weighted by atomic mass is 9.86. The molecular formula is C21H27N5O5S2. The van der Waals surface area contributed by atoms with Crippen molar-refractivity contribution in [1.29, 1.82) is 0 Å². The third-order valence-corrected chi connectivity index (χ3v) is 9.10. The monoisotopic (exact) mass is 493 g/mol. The second kappa shape index (κ2) is 8.67. The van der Waals surface area contributed by atoms with Gasteiger partial charge in [0.2, 0.25) is 10.0 Å². The zero-order valence-corrected chi connectivity index (χ0v) is 20.2. The maximum Gasteiger partial charge on any atom is 0.269 e. The Labute approximate surface area is 193 Å². The van der Waals surface area contributed by atoms with Crippen molar-refractivity contribution in [2.75, 3.05) is 17.7 Å². The van der Waals surface area contributed by atoms with Crippen molar-refractivity contribution in [3.63, 3.8) is 0 Å². The van der Waals surface area contributed by atoms with E-state index < -0.39 is 26.2 Å². The van der Waals surface area contributed by atoms with Gasteiger partial charge in [-0.1, -0.05) is 17.7 Å². The summed E-state index contributed by atoms with van der Waals surface area (Å²) in [6.45, 7) is 3.32. The van der Waals surface area contributed by atoms with Gasteiger partial charge in [0.1, 0.15) is 12.1 Å². The minimum absolute atomic E-state index is 0.0272. The number of rotatable bonds is 8. The van der Waals surface area contributed by atoms with E-state index in [1.807, 2.05) is 18.9 Å². The highest BCUT2D eigenvalue weighted by atomic mass is 32.2. The summed E-state index contributed by atoms with van der Waals surface area (Å²) in [7, 11) is -5.52. The topological polar surface area (TPSA) is 134 Å². The molecule has 1 aliphatic rings. The Morgan fingerprint density at radius 1 is 1.15 bits per heavy atom. The van der Waals surface area contributed by atoms with Crippen molar-refractivity contribution in [1.82, 2.24) is 18.7 Å². The van der Waals surface area contributed by atoms with Crippen molar-refractivity contribution >= 4 is 36.9 Å². The Kier molecular flexibility index (Phi) is 6.20. The lowest BCUT2D eigenvalue weighted by molar-refractivity contribution is 0.217. The average molecular weight is 494 g/mol. The normalized spacial score (nSPS) is 19.9. The van der Waals surface area contributed by atoms with E-state index >= 15 is 0 Å². The van der Waals surface area contributed by atoms with Crippen LogP contribution in [0.15, 0.2) is 47.8 Å². The molecule has 2 heterocycles. The molecule has 1 saturated carbocycles. The number of benzene rings is 1.